The van der Waals surface area contributed by atoms with Gasteiger partial charge in [-0.05, 0) is 48.9 Å². The number of hydrogen-bond acceptors (Lipinski definition) is 3. The number of nitrogens with zero attached hydrogens (tertiary/aromatic N) is 1. The van der Waals surface area contributed by atoms with Crippen molar-refractivity contribution in [1.29, 1.82) is 0 Å². The number of ether oxygens (including phenoxy) is 1. The van der Waals surface area contributed by atoms with Crippen molar-refractivity contribution in [2.45, 2.75) is 30.4 Å². The van der Waals surface area contributed by atoms with E-state index in [-0.39, 0.29) is 12.4 Å². The van der Waals surface area contributed by atoms with Gasteiger partial charge >= 0.3 is 0 Å². The van der Waals surface area contributed by atoms with Crippen LogP contribution in [0.15, 0.2) is 59.5 Å². The number of piperidine rings is 1. The third kappa shape index (κ3) is 5.45. The van der Waals surface area contributed by atoms with Gasteiger partial charge in [-0.1, -0.05) is 30.3 Å². The molecule has 2 aromatic carbocycles. The first-order valence-electron chi connectivity index (χ1n) is 7.90. The maximum Gasteiger partial charge on any atom is 0.119 e. The predicted octanol–water partition coefficient (Wildman–Crippen LogP) is 1.46. The molecule has 0 aromatic heterocycles. The Balaban J connectivity index is 0.00000192. The zero-order valence-electron chi connectivity index (χ0n) is 13.5. The second-order valence-corrected chi connectivity index (χ2v) is 6.63. The van der Waals surface area contributed by atoms with Crippen molar-refractivity contribution in [2.24, 2.45) is 0 Å². The van der Waals surface area contributed by atoms with Crippen molar-refractivity contribution in [3.8, 4) is 5.75 Å². The Hall–Kier alpha value is -1.16. The van der Waals surface area contributed by atoms with E-state index in [1.54, 1.807) is 11.8 Å². The zero-order chi connectivity index (χ0) is 15.2. The first-order valence-corrected chi connectivity index (χ1v) is 9.13. The quantitative estimate of drug-likeness (QED) is 0.759. The molecule has 2 nitrogen and oxygen atoms in total. The average Bonchev–Trinajstić information content (AvgIpc) is 2.58. The van der Waals surface area contributed by atoms with Crippen molar-refractivity contribution < 1.29 is 17.1 Å². The van der Waals surface area contributed by atoms with E-state index in [1.807, 2.05) is 0 Å². The molecule has 0 radical (unpaired) electrons. The van der Waals surface area contributed by atoms with Crippen LogP contribution < -0.4 is 17.1 Å². The van der Waals surface area contributed by atoms with Gasteiger partial charge in [0.2, 0.25) is 0 Å². The normalized spacial score (nSPS) is 15.9. The molecular formula is C19H23ClNOS-. The van der Waals surface area contributed by atoms with Crippen molar-refractivity contribution in [1.82, 2.24) is 4.90 Å². The fraction of sp³-hybridized carbons (Fsp3) is 0.368. The van der Waals surface area contributed by atoms with E-state index >= 15 is 0 Å². The van der Waals surface area contributed by atoms with Crippen LogP contribution in [0.5, 0.6) is 5.75 Å². The molecule has 3 rings (SSSR count). The fourth-order valence-corrected chi connectivity index (χ4v) is 3.28. The molecule has 0 amide bonds. The largest absolute Gasteiger partial charge is 1.00 e. The van der Waals surface area contributed by atoms with Crippen molar-refractivity contribution in [2.75, 3.05) is 19.3 Å². The lowest BCUT2D eigenvalue weighted by molar-refractivity contribution is -0.00000577. The van der Waals surface area contributed by atoms with Gasteiger partial charge in [0.25, 0.3) is 0 Å². The number of benzene rings is 2. The Morgan fingerprint density at radius 2 is 1.65 bits per heavy atom. The molecule has 0 atom stereocenters. The van der Waals surface area contributed by atoms with Crippen LogP contribution in [0.1, 0.15) is 18.4 Å². The molecule has 23 heavy (non-hydrogen) atoms. The smallest absolute Gasteiger partial charge is 0.119 e. The van der Waals surface area contributed by atoms with Crippen LogP contribution in [0.3, 0.4) is 0 Å². The minimum Gasteiger partial charge on any atom is -1.00 e. The van der Waals surface area contributed by atoms with Crippen molar-refractivity contribution in [3.05, 3.63) is 60.2 Å². The molecule has 1 aliphatic heterocycles. The summed E-state index contributed by atoms with van der Waals surface area (Å²) in [6.45, 7) is 3.28. The summed E-state index contributed by atoms with van der Waals surface area (Å²) in [6.07, 6.45) is 4.67. The second kappa shape index (κ2) is 9.21. The number of likely N-dealkylation sites (tertiary alicyclic amines) is 1. The maximum atomic E-state index is 6.12. The minimum atomic E-state index is 0. The van der Waals surface area contributed by atoms with E-state index in [0.717, 1.165) is 38.2 Å². The second-order valence-electron chi connectivity index (χ2n) is 5.75. The minimum absolute atomic E-state index is 0. The SMILES string of the molecule is CSc1ccc(OC2CCN(Cc3ccccc3)CC2)cc1.[Cl-]. The Morgan fingerprint density at radius 1 is 1.00 bits per heavy atom. The van der Waals surface area contributed by atoms with Crippen LogP contribution >= 0.6 is 11.8 Å². The summed E-state index contributed by atoms with van der Waals surface area (Å²) < 4.78 is 6.12. The summed E-state index contributed by atoms with van der Waals surface area (Å²) in [5.74, 6) is 0.999. The van der Waals surface area contributed by atoms with E-state index in [1.165, 1.54) is 10.5 Å². The highest BCUT2D eigenvalue weighted by molar-refractivity contribution is 7.98. The predicted molar refractivity (Wildman–Crippen MR) is 93.6 cm³/mol. The monoisotopic (exact) mass is 348 g/mol. The Kier molecular flexibility index (Phi) is 7.28. The van der Waals surface area contributed by atoms with Gasteiger partial charge in [-0.3, -0.25) is 4.90 Å². The van der Waals surface area contributed by atoms with Crippen molar-refractivity contribution >= 4 is 11.8 Å². The molecule has 4 heteroatoms. The van der Waals surface area contributed by atoms with Gasteiger partial charge in [0.1, 0.15) is 11.9 Å². The average molecular weight is 349 g/mol. The molecule has 2 aromatic rings. The number of halogens is 1. The topological polar surface area (TPSA) is 12.5 Å². The van der Waals surface area contributed by atoms with E-state index in [9.17, 15) is 0 Å². The summed E-state index contributed by atoms with van der Waals surface area (Å²) >= 11 is 1.76. The van der Waals surface area contributed by atoms with Crippen LogP contribution in [-0.2, 0) is 6.54 Å². The highest BCUT2D eigenvalue weighted by Gasteiger charge is 2.20. The number of thioether (sulfide) groups is 1. The lowest BCUT2D eigenvalue weighted by Gasteiger charge is -2.32. The third-order valence-corrected chi connectivity index (χ3v) is 4.89. The highest BCUT2D eigenvalue weighted by Crippen LogP contribution is 2.23. The molecule has 124 valence electrons. The lowest BCUT2D eigenvalue weighted by atomic mass is 10.1. The Morgan fingerprint density at radius 3 is 2.26 bits per heavy atom. The van der Waals surface area contributed by atoms with Gasteiger partial charge in [-0.25, -0.2) is 0 Å². The van der Waals surface area contributed by atoms with Gasteiger partial charge in [0.15, 0.2) is 0 Å². The van der Waals surface area contributed by atoms with E-state index in [2.05, 4.69) is 65.8 Å². The molecule has 1 fully saturated rings. The standard InChI is InChI=1S/C19H23NOS.ClH/c1-22-19-9-7-17(8-10-19)21-18-11-13-20(14-12-18)15-16-5-3-2-4-6-16;/h2-10,18H,11-15H2,1H3;1H/p-1. The maximum absolute atomic E-state index is 6.12. The van der Waals surface area contributed by atoms with E-state index in [4.69, 9.17) is 4.74 Å². The molecule has 1 saturated heterocycles. The Labute approximate surface area is 149 Å². The van der Waals surface area contributed by atoms with Crippen LogP contribution in [0, 0.1) is 0 Å². The lowest BCUT2D eigenvalue weighted by Crippen LogP contribution is -3.00. The van der Waals surface area contributed by atoms with Crippen molar-refractivity contribution in [3.63, 3.8) is 0 Å². The molecule has 0 N–H and O–H groups in total. The van der Waals surface area contributed by atoms with Crippen LogP contribution in [0.25, 0.3) is 0 Å². The van der Waals surface area contributed by atoms with E-state index < -0.39 is 0 Å². The molecule has 1 heterocycles. The highest BCUT2D eigenvalue weighted by atomic mass is 35.5. The molecule has 0 bridgehead atoms. The molecule has 1 aliphatic rings. The zero-order valence-corrected chi connectivity index (χ0v) is 15.0. The van der Waals surface area contributed by atoms with Crippen LogP contribution in [0.4, 0.5) is 0 Å². The van der Waals surface area contributed by atoms with Gasteiger partial charge in [0.05, 0.1) is 0 Å². The summed E-state index contributed by atoms with van der Waals surface area (Å²) in [7, 11) is 0. The molecule has 0 saturated carbocycles. The molecule has 0 spiro atoms. The summed E-state index contributed by atoms with van der Waals surface area (Å²) in [6, 6.07) is 19.1. The number of rotatable bonds is 5. The number of hydrogen-bond donors (Lipinski definition) is 0. The third-order valence-electron chi connectivity index (χ3n) is 4.15. The van der Waals surface area contributed by atoms with Crippen LogP contribution in [-0.4, -0.2) is 30.3 Å². The molecular weight excluding hydrogens is 326 g/mol. The van der Waals surface area contributed by atoms with Gasteiger partial charge in [-0.15, -0.1) is 11.8 Å². The van der Waals surface area contributed by atoms with Crippen LogP contribution in [0.2, 0.25) is 0 Å². The Bertz CT molecular complexity index is 568. The molecule has 0 aliphatic carbocycles. The summed E-state index contributed by atoms with van der Waals surface area (Å²) in [5, 5.41) is 0. The van der Waals surface area contributed by atoms with Gasteiger partial charge < -0.3 is 17.1 Å². The van der Waals surface area contributed by atoms with Gasteiger partial charge in [-0.2, -0.15) is 0 Å². The fourth-order valence-electron chi connectivity index (χ4n) is 2.87. The first-order chi connectivity index (χ1) is 10.8. The van der Waals surface area contributed by atoms with E-state index in [0.29, 0.717) is 6.10 Å². The summed E-state index contributed by atoms with van der Waals surface area (Å²) in [4.78, 5) is 3.80. The molecule has 0 unspecified atom stereocenters. The summed E-state index contributed by atoms with van der Waals surface area (Å²) in [5.41, 5.74) is 1.40. The first kappa shape index (κ1) is 18.2. The van der Waals surface area contributed by atoms with Gasteiger partial charge in [0, 0.05) is 24.5 Å².